The molecule has 2 aromatic carbocycles. The second kappa shape index (κ2) is 7.26. The first-order valence-electron chi connectivity index (χ1n) is 9.23. The number of carboxylic acids is 1. The van der Waals surface area contributed by atoms with Crippen molar-refractivity contribution in [2.75, 3.05) is 5.73 Å². The van der Waals surface area contributed by atoms with E-state index in [1.165, 1.54) is 12.1 Å². The highest BCUT2D eigenvalue weighted by molar-refractivity contribution is 5.97. The van der Waals surface area contributed by atoms with E-state index < -0.39 is 12.0 Å². The van der Waals surface area contributed by atoms with Crippen LogP contribution in [-0.2, 0) is 4.79 Å². The molecule has 0 saturated carbocycles. The number of aromatic nitrogens is 2. The lowest BCUT2D eigenvalue weighted by atomic mass is 9.98. The summed E-state index contributed by atoms with van der Waals surface area (Å²) in [5.41, 5.74) is 9.66. The zero-order valence-corrected chi connectivity index (χ0v) is 16.1. The van der Waals surface area contributed by atoms with E-state index in [2.05, 4.69) is 11.1 Å². The van der Waals surface area contributed by atoms with Gasteiger partial charge < -0.3 is 20.5 Å². The molecule has 148 valence electrons. The summed E-state index contributed by atoms with van der Waals surface area (Å²) < 4.78 is 1.68. The van der Waals surface area contributed by atoms with Gasteiger partial charge in [0.15, 0.2) is 0 Å². The predicted molar refractivity (Wildman–Crippen MR) is 114 cm³/mol. The molecule has 0 amide bonds. The number of benzene rings is 2. The molecule has 0 aliphatic rings. The highest BCUT2D eigenvalue weighted by atomic mass is 16.4. The number of hydrogen-bond donors (Lipinski definition) is 3. The molecule has 4 N–H and O–H groups in total. The first kappa shape index (κ1) is 19.0. The van der Waals surface area contributed by atoms with Crippen LogP contribution >= 0.6 is 0 Å². The number of para-hydroxylation sites is 1. The fourth-order valence-electron chi connectivity index (χ4n) is 3.54. The van der Waals surface area contributed by atoms with Gasteiger partial charge in [-0.15, -0.1) is 0 Å². The smallest absolute Gasteiger partial charge is 0.326 e. The monoisotopic (exact) mass is 398 g/mol. The van der Waals surface area contributed by atoms with Crippen molar-refractivity contribution in [3.05, 3.63) is 66.4 Å². The Kier molecular flexibility index (Phi) is 4.60. The number of aliphatic carboxylic acids is 1. The van der Waals surface area contributed by atoms with E-state index in [9.17, 15) is 20.3 Å². The standard InChI is InChI=1S/C23H18N4O3/c1-13(23(29)30)27-12-19(16-4-2-3-5-21(16)27)20-10-17(18(11-24)22(25)26-20)14-6-8-15(28)9-7-14/h2-10,12-13,28H,1H3,(H2,25,26)(H,29,30)/t13-/m0/s1. The fraction of sp³-hybridized carbons (Fsp3) is 0.0870. The van der Waals surface area contributed by atoms with Crippen LogP contribution < -0.4 is 5.73 Å². The zero-order valence-electron chi connectivity index (χ0n) is 16.1. The number of hydrogen-bond acceptors (Lipinski definition) is 5. The van der Waals surface area contributed by atoms with Crippen molar-refractivity contribution in [2.45, 2.75) is 13.0 Å². The summed E-state index contributed by atoms with van der Waals surface area (Å²) in [4.78, 5) is 16.0. The lowest BCUT2D eigenvalue weighted by molar-refractivity contribution is -0.140. The Morgan fingerprint density at radius 2 is 1.87 bits per heavy atom. The first-order valence-corrected chi connectivity index (χ1v) is 9.23. The van der Waals surface area contributed by atoms with Crippen LogP contribution in [0, 0.1) is 11.3 Å². The third-order valence-electron chi connectivity index (χ3n) is 5.13. The Morgan fingerprint density at radius 1 is 1.17 bits per heavy atom. The molecule has 4 rings (SSSR count). The number of aromatic hydroxyl groups is 1. The first-order chi connectivity index (χ1) is 14.4. The molecule has 0 radical (unpaired) electrons. The molecule has 30 heavy (non-hydrogen) atoms. The summed E-state index contributed by atoms with van der Waals surface area (Å²) in [6.45, 7) is 1.61. The third-order valence-corrected chi connectivity index (χ3v) is 5.13. The highest BCUT2D eigenvalue weighted by Gasteiger charge is 2.21. The Hall–Kier alpha value is -4.31. The van der Waals surface area contributed by atoms with Crippen LogP contribution in [0.4, 0.5) is 5.82 Å². The number of nitrogen functional groups attached to an aromatic ring is 1. The predicted octanol–water partition coefficient (Wildman–Crippen LogP) is 4.18. The average molecular weight is 398 g/mol. The molecule has 0 saturated heterocycles. The topological polar surface area (TPSA) is 125 Å². The minimum absolute atomic E-state index is 0.0844. The van der Waals surface area contributed by atoms with Crippen LogP contribution in [0.15, 0.2) is 60.8 Å². The van der Waals surface area contributed by atoms with Crippen LogP contribution in [0.25, 0.3) is 33.3 Å². The van der Waals surface area contributed by atoms with Gasteiger partial charge in [0.1, 0.15) is 29.2 Å². The molecule has 0 bridgehead atoms. The van der Waals surface area contributed by atoms with E-state index in [0.717, 1.165) is 16.5 Å². The van der Waals surface area contributed by atoms with E-state index in [1.54, 1.807) is 35.9 Å². The van der Waals surface area contributed by atoms with E-state index in [4.69, 9.17) is 5.73 Å². The number of nitriles is 1. The Morgan fingerprint density at radius 3 is 2.53 bits per heavy atom. The minimum atomic E-state index is -0.945. The van der Waals surface area contributed by atoms with Crippen molar-refractivity contribution in [2.24, 2.45) is 0 Å². The van der Waals surface area contributed by atoms with Gasteiger partial charge in [-0.2, -0.15) is 5.26 Å². The van der Waals surface area contributed by atoms with Gasteiger partial charge in [0, 0.05) is 28.2 Å². The lowest BCUT2D eigenvalue weighted by Gasteiger charge is -2.10. The van der Waals surface area contributed by atoms with Crippen molar-refractivity contribution in [1.82, 2.24) is 9.55 Å². The molecule has 2 heterocycles. The Balaban J connectivity index is 1.98. The number of phenolic OH excluding ortho intramolecular Hbond substituents is 1. The maximum absolute atomic E-state index is 11.6. The van der Waals surface area contributed by atoms with Gasteiger partial charge in [-0.3, -0.25) is 0 Å². The minimum Gasteiger partial charge on any atom is -0.508 e. The van der Waals surface area contributed by atoms with Crippen molar-refractivity contribution >= 4 is 22.7 Å². The van der Waals surface area contributed by atoms with Gasteiger partial charge in [0.2, 0.25) is 0 Å². The van der Waals surface area contributed by atoms with Crippen LogP contribution in [0.5, 0.6) is 5.75 Å². The number of nitrogens with two attached hydrogens (primary N) is 1. The summed E-state index contributed by atoms with van der Waals surface area (Å²) in [5.74, 6) is -0.745. The number of rotatable bonds is 4. The molecule has 7 heteroatoms. The Bertz CT molecular complexity index is 1320. The van der Waals surface area contributed by atoms with E-state index in [-0.39, 0.29) is 17.1 Å². The molecule has 2 aromatic heterocycles. The van der Waals surface area contributed by atoms with E-state index in [0.29, 0.717) is 16.8 Å². The summed E-state index contributed by atoms with van der Waals surface area (Å²) in [5, 5.41) is 29.5. The maximum Gasteiger partial charge on any atom is 0.326 e. The summed E-state index contributed by atoms with van der Waals surface area (Å²) in [7, 11) is 0. The molecule has 0 aliphatic carbocycles. The number of fused-ring (bicyclic) bond motifs is 1. The van der Waals surface area contributed by atoms with Crippen LogP contribution in [0.2, 0.25) is 0 Å². The van der Waals surface area contributed by atoms with Gasteiger partial charge in [-0.05, 0) is 36.8 Å². The van der Waals surface area contributed by atoms with Gasteiger partial charge in [-0.1, -0.05) is 30.3 Å². The number of carboxylic acid groups (broad SMARTS) is 1. The number of pyridine rings is 1. The number of nitrogens with zero attached hydrogens (tertiary/aromatic N) is 3. The molecule has 0 fully saturated rings. The van der Waals surface area contributed by atoms with Gasteiger partial charge in [-0.25, -0.2) is 9.78 Å². The fourth-order valence-corrected chi connectivity index (χ4v) is 3.54. The van der Waals surface area contributed by atoms with Crippen molar-refractivity contribution in [1.29, 1.82) is 5.26 Å². The van der Waals surface area contributed by atoms with Gasteiger partial charge in [0.25, 0.3) is 0 Å². The second-order valence-electron chi connectivity index (χ2n) is 6.96. The van der Waals surface area contributed by atoms with Crippen LogP contribution in [0.3, 0.4) is 0 Å². The zero-order chi connectivity index (χ0) is 21.4. The number of phenols is 1. The SMILES string of the molecule is C[C@@H](C(=O)O)n1cc(-c2cc(-c3ccc(O)cc3)c(C#N)c(N)n2)c2ccccc21. The molecule has 0 aliphatic heterocycles. The third kappa shape index (κ3) is 3.10. The van der Waals surface area contributed by atoms with Crippen LogP contribution in [0.1, 0.15) is 18.5 Å². The summed E-state index contributed by atoms with van der Waals surface area (Å²) in [6, 6.07) is 17.0. The molecular formula is C23H18N4O3. The summed E-state index contributed by atoms with van der Waals surface area (Å²) in [6.07, 6.45) is 1.75. The molecule has 0 unspecified atom stereocenters. The molecule has 4 aromatic rings. The lowest BCUT2D eigenvalue weighted by Crippen LogP contribution is -2.14. The van der Waals surface area contributed by atoms with Gasteiger partial charge >= 0.3 is 5.97 Å². The molecular weight excluding hydrogens is 380 g/mol. The number of anilines is 1. The second-order valence-corrected chi connectivity index (χ2v) is 6.96. The van der Waals surface area contributed by atoms with E-state index >= 15 is 0 Å². The Labute approximate surface area is 172 Å². The van der Waals surface area contributed by atoms with E-state index in [1.807, 2.05) is 24.3 Å². The normalized spacial score (nSPS) is 11.9. The molecule has 1 atom stereocenters. The molecule has 0 spiro atoms. The quantitative estimate of drug-likeness (QED) is 0.474. The highest BCUT2D eigenvalue weighted by Crippen LogP contribution is 2.36. The average Bonchev–Trinajstić information content (AvgIpc) is 3.13. The van der Waals surface area contributed by atoms with Crippen LogP contribution in [-0.4, -0.2) is 25.7 Å². The van der Waals surface area contributed by atoms with Crippen molar-refractivity contribution in [3.63, 3.8) is 0 Å². The van der Waals surface area contributed by atoms with Crippen molar-refractivity contribution < 1.29 is 15.0 Å². The maximum atomic E-state index is 11.6. The number of carbonyl (C=O) groups is 1. The molecule has 7 nitrogen and oxygen atoms in total. The summed E-state index contributed by atoms with van der Waals surface area (Å²) >= 11 is 0. The largest absolute Gasteiger partial charge is 0.508 e. The van der Waals surface area contributed by atoms with Crippen molar-refractivity contribution in [3.8, 4) is 34.2 Å². The van der Waals surface area contributed by atoms with Gasteiger partial charge in [0.05, 0.1) is 5.69 Å².